The minimum atomic E-state index is -3.41. The van der Waals surface area contributed by atoms with Crippen LogP contribution in [0.4, 0.5) is 0 Å². The molecule has 5 heteroatoms. The van der Waals surface area contributed by atoms with Crippen LogP contribution in [0.1, 0.15) is 6.92 Å². The summed E-state index contributed by atoms with van der Waals surface area (Å²) >= 11 is 5.52. The molecule has 0 aliphatic carbocycles. The average molecular weight is 234 g/mol. The molecule has 1 atom stereocenters. The molecule has 1 rings (SSSR count). The highest BCUT2D eigenvalue weighted by Crippen LogP contribution is 2.07. The lowest BCUT2D eigenvalue weighted by Gasteiger charge is -2.10. The van der Waals surface area contributed by atoms with E-state index in [-0.39, 0.29) is 16.8 Å². The van der Waals surface area contributed by atoms with Gasteiger partial charge in [-0.15, -0.1) is 11.6 Å². The number of hydrogen-bond donors (Lipinski definition) is 1. The van der Waals surface area contributed by atoms with E-state index in [9.17, 15) is 8.42 Å². The van der Waals surface area contributed by atoms with Crippen molar-refractivity contribution in [1.82, 2.24) is 4.72 Å². The highest BCUT2D eigenvalue weighted by molar-refractivity contribution is 7.89. The maximum atomic E-state index is 11.6. The molecule has 0 radical (unpaired) electrons. The zero-order valence-corrected chi connectivity index (χ0v) is 9.35. The van der Waals surface area contributed by atoms with Crippen LogP contribution in [0.15, 0.2) is 35.2 Å². The van der Waals surface area contributed by atoms with E-state index in [1.54, 1.807) is 37.3 Å². The number of alkyl halides is 1. The van der Waals surface area contributed by atoms with Gasteiger partial charge in [-0.05, 0) is 19.1 Å². The van der Waals surface area contributed by atoms with Gasteiger partial charge in [-0.2, -0.15) is 0 Å². The number of sulfonamides is 1. The van der Waals surface area contributed by atoms with Gasteiger partial charge in [0.2, 0.25) is 10.0 Å². The smallest absolute Gasteiger partial charge is 0.207 e. The molecule has 0 saturated heterocycles. The summed E-state index contributed by atoms with van der Waals surface area (Å²) in [6.07, 6.45) is 0. The number of benzene rings is 1. The Labute approximate surface area is 89.1 Å². The summed E-state index contributed by atoms with van der Waals surface area (Å²) < 4.78 is 25.7. The van der Waals surface area contributed by atoms with Gasteiger partial charge < -0.3 is 0 Å². The number of rotatable bonds is 4. The summed E-state index contributed by atoms with van der Waals surface area (Å²) in [6, 6.07) is 7.96. The molecule has 1 unspecified atom stereocenters. The van der Waals surface area contributed by atoms with Gasteiger partial charge in [0.25, 0.3) is 0 Å². The Hall–Kier alpha value is -0.580. The van der Waals surface area contributed by atoms with Crippen molar-refractivity contribution < 1.29 is 8.42 Å². The first-order valence-electron chi connectivity index (χ1n) is 4.19. The Morgan fingerprint density at radius 2 is 1.93 bits per heavy atom. The number of nitrogens with one attached hydrogen (secondary N) is 1. The first kappa shape index (κ1) is 11.5. The van der Waals surface area contributed by atoms with Crippen molar-refractivity contribution in [2.24, 2.45) is 0 Å². The molecule has 0 aliphatic rings. The van der Waals surface area contributed by atoms with E-state index in [1.807, 2.05) is 0 Å². The molecule has 0 aliphatic heterocycles. The van der Waals surface area contributed by atoms with Crippen molar-refractivity contribution in [2.75, 3.05) is 5.88 Å². The predicted molar refractivity (Wildman–Crippen MR) is 56.9 cm³/mol. The lowest BCUT2D eigenvalue weighted by Crippen LogP contribution is -2.33. The lowest BCUT2D eigenvalue weighted by atomic mass is 10.4. The monoisotopic (exact) mass is 233 g/mol. The predicted octanol–water partition coefficient (Wildman–Crippen LogP) is 1.59. The molecule has 0 aromatic heterocycles. The highest BCUT2D eigenvalue weighted by Gasteiger charge is 2.15. The van der Waals surface area contributed by atoms with Crippen LogP contribution in [-0.4, -0.2) is 20.3 Å². The molecule has 0 amide bonds. The molecule has 78 valence electrons. The molecule has 1 aromatic carbocycles. The van der Waals surface area contributed by atoms with E-state index < -0.39 is 10.0 Å². The molecule has 1 aromatic rings. The third kappa shape index (κ3) is 2.97. The highest BCUT2D eigenvalue weighted by atomic mass is 35.5. The third-order valence-electron chi connectivity index (χ3n) is 1.64. The van der Waals surface area contributed by atoms with Crippen molar-refractivity contribution in [1.29, 1.82) is 0 Å². The summed E-state index contributed by atoms with van der Waals surface area (Å²) in [6.45, 7) is 1.72. The maximum Gasteiger partial charge on any atom is 0.240 e. The average Bonchev–Trinajstić information content (AvgIpc) is 2.18. The van der Waals surface area contributed by atoms with E-state index >= 15 is 0 Å². The van der Waals surface area contributed by atoms with Gasteiger partial charge in [-0.25, -0.2) is 13.1 Å². The first-order chi connectivity index (χ1) is 6.56. The molecule has 0 spiro atoms. The molecule has 0 heterocycles. The van der Waals surface area contributed by atoms with Gasteiger partial charge in [-0.1, -0.05) is 18.2 Å². The standard InChI is InChI=1S/C9H12ClNO2S/c1-8(7-10)11-14(12,13)9-5-3-2-4-6-9/h2-6,8,11H,7H2,1H3. The largest absolute Gasteiger partial charge is 0.240 e. The third-order valence-corrected chi connectivity index (χ3v) is 3.71. The Morgan fingerprint density at radius 1 is 1.36 bits per heavy atom. The summed E-state index contributed by atoms with van der Waals surface area (Å²) in [4.78, 5) is 0.261. The minimum absolute atomic E-state index is 0.256. The van der Waals surface area contributed by atoms with Crippen molar-refractivity contribution in [3.8, 4) is 0 Å². The van der Waals surface area contributed by atoms with Crippen LogP contribution in [0.5, 0.6) is 0 Å². The second-order valence-electron chi connectivity index (χ2n) is 2.99. The van der Waals surface area contributed by atoms with E-state index in [1.165, 1.54) is 0 Å². The zero-order chi connectivity index (χ0) is 10.6. The van der Waals surface area contributed by atoms with Crippen LogP contribution < -0.4 is 4.72 Å². The number of hydrogen-bond acceptors (Lipinski definition) is 2. The molecule has 1 N–H and O–H groups in total. The van der Waals surface area contributed by atoms with Gasteiger partial charge in [0, 0.05) is 11.9 Å². The normalized spacial score (nSPS) is 13.9. The fraction of sp³-hybridized carbons (Fsp3) is 0.333. The summed E-state index contributed by atoms with van der Waals surface area (Å²) in [7, 11) is -3.41. The van der Waals surface area contributed by atoms with E-state index in [2.05, 4.69) is 4.72 Å². The minimum Gasteiger partial charge on any atom is -0.207 e. The van der Waals surface area contributed by atoms with Crippen molar-refractivity contribution >= 4 is 21.6 Å². The Morgan fingerprint density at radius 3 is 2.43 bits per heavy atom. The zero-order valence-electron chi connectivity index (χ0n) is 7.77. The summed E-state index contributed by atoms with van der Waals surface area (Å²) in [5.41, 5.74) is 0. The molecule has 3 nitrogen and oxygen atoms in total. The van der Waals surface area contributed by atoms with Crippen molar-refractivity contribution in [2.45, 2.75) is 17.9 Å². The van der Waals surface area contributed by atoms with Crippen LogP contribution in [0.2, 0.25) is 0 Å². The van der Waals surface area contributed by atoms with E-state index in [4.69, 9.17) is 11.6 Å². The SMILES string of the molecule is CC(CCl)NS(=O)(=O)c1ccccc1. The van der Waals surface area contributed by atoms with Gasteiger partial charge >= 0.3 is 0 Å². The topological polar surface area (TPSA) is 46.2 Å². The second-order valence-corrected chi connectivity index (χ2v) is 5.01. The second kappa shape index (κ2) is 4.77. The summed E-state index contributed by atoms with van der Waals surface area (Å²) in [5, 5.41) is 0. The fourth-order valence-corrected chi connectivity index (χ4v) is 2.40. The van der Waals surface area contributed by atoms with Crippen LogP contribution in [0, 0.1) is 0 Å². The molecular weight excluding hydrogens is 222 g/mol. The molecular formula is C9H12ClNO2S. The first-order valence-corrected chi connectivity index (χ1v) is 6.21. The van der Waals surface area contributed by atoms with E-state index in [0.29, 0.717) is 0 Å². The van der Waals surface area contributed by atoms with Crippen LogP contribution in [0.25, 0.3) is 0 Å². The van der Waals surface area contributed by atoms with Crippen molar-refractivity contribution in [3.05, 3.63) is 30.3 Å². The van der Waals surface area contributed by atoms with Gasteiger partial charge in [0.15, 0.2) is 0 Å². The Bertz CT molecular complexity index is 377. The van der Waals surface area contributed by atoms with Crippen molar-refractivity contribution in [3.63, 3.8) is 0 Å². The van der Waals surface area contributed by atoms with Crippen LogP contribution >= 0.6 is 11.6 Å². The van der Waals surface area contributed by atoms with Gasteiger partial charge in [0.1, 0.15) is 0 Å². The lowest BCUT2D eigenvalue weighted by molar-refractivity contribution is 0.570. The molecule has 0 saturated carbocycles. The Kier molecular flexibility index (Phi) is 3.92. The number of halogens is 1. The molecule has 0 fully saturated rings. The maximum absolute atomic E-state index is 11.6. The van der Waals surface area contributed by atoms with Gasteiger partial charge in [0.05, 0.1) is 4.90 Å². The molecule has 0 bridgehead atoms. The van der Waals surface area contributed by atoms with Crippen LogP contribution in [-0.2, 0) is 10.0 Å². The Balaban J connectivity index is 2.87. The fourth-order valence-electron chi connectivity index (χ4n) is 0.964. The summed E-state index contributed by atoms with van der Waals surface area (Å²) in [5.74, 6) is 0.256. The van der Waals surface area contributed by atoms with Crippen LogP contribution in [0.3, 0.4) is 0 Å². The van der Waals surface area contributed by atoms with E-state index in [0.717, 1.165) is 0 Å². The van der Waals surface area contributed by atoms with Gasteiger partial charge in [-0.3, -0.25) is 0 Å². The molecule has 14 heavy (non-hydrogen) atoms. The quantitative estimate of drug-likeness (QED) is 0.803.